The van der Waals surface area contributed by atoms with Crippen molar-refractivity contribution in [3.63, 3.8) is 0 Å². The van der Waals surface area contributed by atoms with Gasteiger partial charge in [0.05, 0.1) is 17.8 Å². The number of aromatic amines is 1. The first-order valence-electron chi connectivity index (χ1n) is 10.1. The molecule has 0 saturated carbocycles. The van der Waals surface area contributed by atoms with E-state index < -0.39 is 30.1 Å². The number of benzene rings is 2. The summed E-state index contributed by atoms with van der Waals surface area (Å²) in [5.74, 6) is -0.698. The lowest BCUT2D eigenvalue weighted by Gasteiger charge is -2.21. The number of alkyl halides is 3. The Morgan fingerprint density at radius 2 is 1.91 bits per heavy atom. The molecule has 0 aliphatic rings. The second-order valence-electron chi connectivity index (χ2n) is 7.31. The summed E-state index contributed by atoms with van der Waals surface area (Å²) in [5, 5.41) is 9.13. The molecule has 3 rings (SSSR count). The Bertz CT molecular complexity index is 1220. The predicted octanol–water partition coefficient (Wildman–Crippen LogP) is 4.42. The van der Waals surface area contributed by atoms with Gasteiger partial charge < -0.3 is 10.2 Å². The van der Waals surface area contributed by atoms with Gasteiger partial charge >= 0.3 is 6.18 Å². The van der Waals surface area contributed by atoms with E-state index in [2.05, 4.69) is 15.5 Å². The highest BCUT2D eigenvalue weighted by Crippen LogP contribution is 2.34. The molecule has 0 aliphatic carbocycles. The van der Waals surface area contributed by atoms with Gasteiger partial charge in [0.2, 0.25) is 11.8 Å². The van der Waals surface area contributed by atoms with E-state index in [9.17, 15) is 22.8 Å². The van der Waals surface area contributed by atoms with E-state index in [1.54, 1.807) is 6.92 Å². The summed E-state index contributed by atoms with van der Waals surface area (Å²) in [6.07, 6.45) is -4.62. The highest BCUT2D eigenvalue weighted by molar-refractivity contribution is 7.71. The molecule has 0 spiro atoms. The number of para-hydroxylation sites is 1. The van der Waals surface area contributed by atoms with Crippen LogP contribution in [0.3, 0.4) is 0 Å². The maximum absolute atomic E-state index is 13.2. The molecule has 2 amide bonds. The molecule has 1 aromatic heterocycles. The number of amides is 2. The standard InChI is InChI=1S/C22H22F3N5O2S/c1-3-29(12-18(31)26-17-10-5-4-9-16(17)22(23,24)25)19(32)13-30-20(27-28-21(30)33)15-8-6-7-14(2)11-15/h4-11H,3,12-13H2,1-2H3,(H,26,31)(H,28,33). The van der Waals surface area contributed by atoms with Crippen molar-refractivity contribution in [2.75, 3.05) is 18.4 Å². The number of aromatic nitrogens is 3. The van der Waals surface area contributed by atoms with Crippen molar-refractivity contribution < 1.29 is 22.8 Å². The molecule has 0 fully saturated rings. The smallest absolute Gasteiger partial charge is 0.332 e. The van der Waals surface area contributed by atoms with Gasteiger partial charge in [-0.1, -0.05) is 35.9 Å². The summed E-state index contributed by atoms with van der Waals surface area (Å²) < 4.78 is 41.3. The first-order valence-corrected chi connectivity index (χ1v) is 10.5. The van der Waals surface area contributed by atoms with Gasteiger partial charge in [0.15, 0.2) is 10.6 Å². The van der Waals surface area contributed by atoms with Crippen LogP contribution >= 0.6 is 12.2 Å². The second-order valence-corrected chi connectivity index (χ2v) is 7.69. The molecular formula is C22H22F3N5O2S. The molecule has 0 unspecified atom stereocenters. The summed E-state index contributed by atoms with van der Waals surface area (Å²) in [6.45, 7) is 3.18. The molecule has 7 nitrogen and oxygen atoms in total. The summed E-state index contributed by atoms with van der Waals surface area (Å²) >= 11 is 5.26. The first-order chi connectivity index (χ1) is 15.6. The third-order valence-electron chi connectivity index (χ3n) is 4.90. The third-order valence-corrected chi connectivity index (χ3v) is 5.22. The Kier molecular flexibility index (Phi) is 7.32. The van der Waals surface area contributed by atoms with Crippen molar-refractivity contribution in [1.82, 2.24) is 19.7 Å². The molecule has 2 N–H and O–H groups in total. The minimum Gasteiger partial charge on any atom is -0.332 e. The van der Waals surface area contributed by atoms with Crippen LogP contribution < -0.4 is 5.32 Å². The largest absolute Gasteiger partial charge is 0.418 e. The van der Waals surface area contributed by atoms with E-state index in [0.717, 1.165) is 23.3 Å². The zero-order valence-electron chi connectivity index (χ0n) is 17.9. The average Bonchev–Trinajstić information content (AvgIpc) is 3.11. The number of nitrogens with one attached hydrogen (secondary N) is 2. The zero-order chi connectivity index (χ0) is 24.2. The monoisotopic (exact) mass is 477 g/mol. The van der Waals surface area contributed by atoms with Gasteiger partial charge in [0.1, 0.15) is 6.54 Å². The molecule has 1 heterocycles. The number of rotatable bonds is 7. The number of carbonyl (C=O) groups is 2. The Morgan fingerprint density at radius 3 is 2.58 bits per heavy atom. The van der Waals surface area contributed by atoms with Crippen LogP contribution in [0.2, 0.25) is 0 Å². The zero-order valence-corrected chi connectivity index (χ0v) is 18.8. The van der Waals surface area contributed by atoms with E-state index in [-0.39, 0.29) is 23.5 Å². The lowest BCUT2D eigenvalue weighted by atomic mass is 10.1. The number of hydrogen-bond donors (Lipinski definition) is 2. The van der Waals surface area contributed by atoms with Crippen LogP contribution in [-0.4, -0.2) is 44.6 Å². The van der Waals surface area contributed by atoms with Crippen LogP contribution in [-0.2, 0) is 22.3 Å². The van der Waals surface area contributed by atoms with Crippen molar-refractivity contribution in [1.29, 1.82) is 0 Å². The Balaban J connectivity index is 1.74. The molecule has 11 heteroatoms. The van der Waals surface area contributed by atoms with Gasteiger partial charge in [0.25, 0.3) is 0 Å². The van der Waals surface area contributed by atoms with E-state index in [0.29, 0.717) is 5.82 Å². The van der Waals surface area contributed by atoms with Crippen LogP contribution in [0.1, 0.15) is 18.1 Å². The molecule has 174 valence electrons. The van der Waals surface area contributed by atoms with Gasteiger partial charge in [-0.25, -0.2) is 0 Å². The van der Waals surface area contributed by atoms with E-state index in [1.165, 1.54) is 21.6 Å². The fourth-order valence-electron chi connectivity index (χ4n) is 3.28. The number of carbonyl (C=O) groups excluding carboxylic acids is 2. The van der Waals surface area contributed by atoms with Gasteiger partial charge in [-0.2, -0.15) is 18.3 Å². The fourth-order valence-corrected chi connectivity index (χ4v) is 3.48. The highest BCUT2D eigenvalue weighted by Gasteiger charge is 2.33. The number of nitrogens with zero attached hydrogens (tertiary/aromatic N) is 3. The fraction of sp³-hybridized carbons (Fsp3) is 0.273. The van der Waals surface area contributed by atoms with E-state index >= 15 is 0 Å². The SMILES string of the molecule is CCN(CC(=O)Nc1ccccc1C(F)(F)F)C(=O)Cn1c(-c2cccc(C)c2)n[nH]c1=S. The van der Waals surface area contributed by atoms with Crippen LogP contribution in [0.15, 0.2) is 48.5 Å². The topological polar surface area (TPSA) is 83.0 Å². The molecule has 2 aromatic carbocycles. The second kappa shape index (κ2) is 9.99. The van der Waals surface area contributed by atoms with Crippen LogP contribution in [0.25, 0.3) is 11.4 Å². The molecule has 0 saturated heterocycles. The molecule has 0 bridgehead atoms. The molecular weight excluding hydrogens is 455 g/mol. The lowest BCUT2D eigenvalue weighted by molar-refractivity contribution is -0.137. The minimum absolute atomic E-state index is 0.179. The van der Waals surface area contributed by atoms with Crippen molar-refractivity contribution in [2.45, 2.75) is 26.6 Å². The number of anilines is 1. The Hall–Kier alpha value is -3.47. The van der Waals surface area contributed by atoms with Crippen LogP contribution in [0.5, 0.6) is 0 Å². The predicted molar refractivity (Wildman–Crippen MR) is 120 cm³/mol. The molecule has 0 radical (unpaired) electrons. The molecule has 0 atom stereocenters. The minimum atomic E-state index is -4.62. The number of aryl methyl sites for hydroxylation is 1. The van der Waals surface area contributed by atoms with Crippen molar-refractivity contribution >= 4 is 29.7 Å². The summed E-state index contributed by atoms with van der Waals surface area (Å²) in [7, 11) is 0. The quantitative estimate of drug-likeness (QED) is 0.494. The third kappa shape index (κ3) is 5.86. The van der Waals surface area contributed by atoms with Crippen molar-refractivity contribution in [3.8, 4) is 11.4 Å². The van der Waals surface area contributed by atoms with Gasteiger partial charge in [0, 0.05) is 12.1 Å². The van der Waals surface area contributed by atoms with E-state index in [4.69, 9.17) is 12.2 Å². The van der Waals surface area contributed by atoms with Crippen molar-refractivity contribution in [2.24, 2.45) is 0 Å². The van der Waals surface area contributed by atoms with E-state index in [1.807, 2.05) is 31.2 Å². The molecule has 3 aromatic rings. The molecule has 33 heavy (non-hydrogen) atoms. The molecule has 0 aliphatic heterocycles. The maximum Gasteiger partial charge on any atom is 0.418 e. The summed E-state index contributed by atoms with van der Waals surface area (Å²) in [6, 6.07) is 12.2. The van der Waals surface area contributed by atoms with Crippen LogP contribution in [0, 0.1) is 11.7 Å². The van der Waals surface area contributed by atoms with Gasteiger partial charge in [-0.3, -0.25) is 19.3 Å². The highest BCUT2D eigenvalue weighted by atomic mass is 32.1. The number of halogens is 3. The Labute approximate surface area is 193 Å². The summed E-state index contributed by atoms with van der Waals surface area (Å²) in [4.78, 5) is 26.6. The van der Waals surface area contributed by atoms with Gasteiger partial charge in [-0.15, -0.1) is 0 Å². The average molecular weight is 478 g/mol. The number of likely N-dealkylation sites (N-methyl/N-ethyl adjacent to an activating group) is 1. The normalized spacial score (nSPS) is 11.3. The maximum atomic E-state index is 13.2. The number of H-pyrrole nitrogens is 1. The van der Waals surface area contributed by atoms with Crippen LogP contribution in [0.4, 0.5) is 18.9 Å². The first kappa shape index (κ1) is 24.2. The van der Waals surface area contributed by atoms with Crippen molar-refractivity contribution in [3.05, 3.63) is 64.4 Å². The number of hydrogen-bond acceptors (Lipinski definition) is 4. The van der Waals surface area contributed by atoms with Gasteiger partial charge in [-0.05, 0) is 44.3 Å². The Morgan fingerprint density at radius 1 is 1.18 bits per heavy atom. The lowest BCUT2D eigenvalue weighted by Crippen LogP contribution is -2.40. The summed E-state index contributed by atoms with van der Waals surface area (Å²) in [5.41, 5.74) is 0.447.